The zero-order valence-corrected chi connectivity index (χ0v) is 8.99. The highest BCUT2D eigenvalue weighted by Crippen LogP contribution is 2.03. The smallest absolute Gasteiger partial charge is 0.0925 e. The summed E-state index contributed by atoms with van der Waals surface area (Å²) < 4.78 is 5.59. The number of hydrogen-bond acceptors (Lipinski definition) is 4. The SMILES string of the molecule is CCN1CCOC(CNC(C)C#N)C1. The predicted molar refractivity (Wildman–Crippen MR) is 54.9 cm³/mol. The van der Waals surface area contributed by atoms with E-state index in [1.54, 1.807) is 0 Å². The lowest BCUT2D eigenvalue weighted by Gasteiger charge is -2.32. The summed E-state index contributed by atoms with van der Waals surface area (Å²) in [6.45, 7) is 8.68. The van der Waals surface area contributed by atoms with Gasteiger partial charge in [0.25, 0.3) is 0 Å². The number of rotatable bonds is 4. The molecule has 0 radical (unpaired) electrons. The van der Waals surface area contributed by atoms with Gasteiger partial charge in [0, 0.05) is 19.6 Å². The van der Waals surface area contributed by atoms with Crippen LogP contribution in [0.5, 0.6) is 0 Å². The van der Waals surface area contributed by atoms with Crippen molar-refractivity contribution >= 4 is 0 Å². The summed E-state index contributed by atoms with van der Waals surface area (Å²) in [4.78, 5) is 2.37. The van der Waals surface area contributed by atoms with Gasteiger partial charge in [0.1, 0.15) is 0 Å². The molecule has 0 spiro atoms. The molecule has 14 heavy (non-hydrogen) atoms. The lowest BCUT2D eigenvalue weighted by Crippen LogP contribution is -2.47. The number of nitrogens with zero attached hydrogens (tertiary/aromatic N) is 2. The first-order valence-corrected chi connectivity index (χ1v) is 5.23. The van der Waals surface area contributed by atoms with Gasteiger partial charge < -0.3 is 4.74 Å². The van der Waals surface area contributed by atoms with Gasteiger partial charge in [0.2, 0.25) is 0 Å². The molecule has 0 aromatic heterocycles. The Bertz CT molecular complexity index is 202. The van der Waals surface area contributed by atoms with Gasteiger partial charge in [-0.05, 0) is 13.5 Å². The fourth-order valence-electron chi connectivity index (χ4n) is 1.55. The molecular weight excluding hydrogens is 178 g/mol. The van der Waals surface area contributed by atoms with Gasteiger partial charge in [-0.3, -0.25) is 10.2 Å². The van der Waals surface area contributed by atoms with Gasteiger partial charge in [0.15, 0.2) is 0 Å². The van der Waals surface area contributed by atoms with E-state index in [9.17, 15) is 0 Å². The third kappa shape index (κ3) is 3.62. The molecule has 1 aliphatic rings. The minimum atomic E-state index is -0.0874. The molecule has 1 N–H and O–H groups in total. The summed E-state index contributed by atoms with van der Waals surface area (Å²) in [6, 6.07) is 2.06. The third-order valence-electron chi connectivity index (χ3n) is 2.52. The van der Waals surface area contributed by atoms with Crippen LogP contribution in [-0.4, -0.2) is 49.8 Å². The molecular formula is C10H19N3O. The van der Waals surface area contributed by atoms with Gasteiger partial charge in [-0.15, -0.1) is 0 Å². The third-order valence-corrected chi connectivity index (χ3v) is 2.52. The van der Waals surface area contributed by atoms with Crippen LogP contribution in [0, 0.1) is 11.3 Å². The Kier molecular flexibility index (Phi) is 4.88. The Morgan fingerprint density at radius 2 is 2.50 bits per heavy atom. The lowest BCUT2D eigenvalue weighted by molar-refractivity contribution is -0.0256. The molecule has 1 saturated heterocycles. The van der Waals surface area contributed by atoms with Crippen molar-refractivity contribution in [2.24, 2.45) is 0 Å². The van der Waals surface area contributed by atoms with Gasteiger partial charge in [-0.1, -0.05) is 6.92 Å². The van der Waals surface area contributed by atoms with E-state index in [1.807, 2.05) is 6.92 Å². The Balaban J connectivity index is 2.21. The molecule has 4 heteroatoms. The predicted octanol–water partition coefficient (Wildman–Crippen LogP) is 0.209. The van der Waals surface area contributed by atoms with Crippen LogP contribution in [0.25, 0.3) is 0 Å². The number of morpholine rings is 1. The van der Waals surface area contributed by atoms with Crippen LogP contribution in [0.3, 0.4) is 0 Å². The average Bonchev–Trinajstić information content (AvgIpc) is 2.26. The number of nitrogens with one attached hydrogen (secondary N) is 1. The summed E-state index contributed by atoms with van der Waals surface area (Å²) in [7, 11) is 0. The molecule has 0 bridgehead atoms. The molecule has 0 aliphatic carbocycles. The second kappa shape index (κ2) is 5.97. The largest absolute Gasteiger partial charge is 0.374 e. The summed E-state index contributed by atoms with van der Waals surface area (Å²) in [6.07, 6.45) is 0.236. The van der Waals surface area contributed by atoms with Crippen LogP contribution in [0.15, 0.2) is 0 Å². The molecule has 1 aliphatic heterocycles. The van der Waals surface area contributed by atoms with E-state index in [2.05, 4.69) is 23.2 Å². The number of hydrogen-bond donors (Lipinski definition) is 1. The van der Waals surface area contributed by atoms with E-state index in [0.29, 0.717) is 0 Å². The molecule has 2 unspecified atom stereocenters. The minimum absolute atomic E-state index is 0.0874. The fourth-order valence-corrected chi connectivity index (χ4v) is 1.55. The van der Waals surface area contributed by atoms with Crippen molar-refractivity contribution in [3.63, 3.8) is 0 Å². The van der Waals surface area contributed by atoms with Crippen molar-refractivity contribution in [3.05, 3.63) is 0 Å². The molecule has 0 amide bonds. The molecule has 1 rings (SSSR count). The topological polar surface area (TPSA) is 48.3 Å². The van der Waals surface area contributed by atoms with Crippen LogP contribution in [0.1, 0.15) is 13.8 Å². The monoisotopic (exact) mass is 197 g/mol. The maximum Gasteiger partial charge on any atom is 0.0925 e. The van der Waals surface area contributed by atoms with Crippen molar-refractivity contribution in [3.8, 4) is 6.07 Å². The zero-order valence-electron chi connectivity index (χ0n) is 8.99. The number of likely N-dealkylation sites (N-methyl/N-ethyl adjacent to an activating group) is 1. The van der Waals surface area contributed by atoms with E-state index in [-0.39, 0.29) is 12.1 Å². The van der Waals surface area contributed by atoms with Crippen molar-refractivity contribution < 1.29 is 4.74 Å². The highest BCUT2D eigenvalue weighted by atomic mass is 16.5. The van der Waals surface area contributed by atoms with E-state index in [0.717, 1.165) is 32.8 Å². The standard InChI is InChI=1S/C10H19N3O/c1-3-13-4-5-14-10(8-13)7-12-9(2)6-11/h9-10,12H,3-5,7-8H2,1-2H3. The van der Waals surface area contributed by atoms with Crippen LogP contribution >= 0.6 is 0 Å². The van der Waals surface area contributed by atoms with E-state index >= 15 is 0 Å². The Morgan fingerprint density at radius 3 is 3.14 bits per heavy atom. The van der Waals surface area contributed by atoms with Crippen LogP contribution < -0.4 is 5.32 Å². The first kappa shape index (κ1) is 11.4. The van der Waals surface area contributed by atoms with E-state index < -0.39 is 0 Å². The van der Waals surface area contributed by atoms with Crippen molar-refractivity contribution in [2.75, 3.05) is 32.8 Å². The second-order valence-corrected chi connectivity index (χ2v) is 3.65. The van der Waals surface area contributed by atoms with E-state index in [4.69, 9.17) is 10.00 Å². The first-order chi connectivity index (χ1) is 6.76. The number of nitriles is 1. The second-order valence-electron chi connectivity index (χ2n) is 3.65. The van der Waals surface area contributed by atoms with E-state index in [1.165, 1.54) is 0 Å². The summed E-state index contributed by atoms with van der Waals surface area (Å²) in [5.74, 6) is 0. The van der Waals surface area contributed by atoms with Crippen LogP contribution in [0.4, 0.5) is 0 Å². The molecule has 4 nitrogen and oxygen atoms in total. The van der Waals surface area contributed by atoms with Crippen molar-refractivity contribution in [1.82, 2.24) is 10.2 Å². The number of ether oxygens (including phenoxy) is 1. The Labute approximate surface area is 85.8 Å². The van der Waals surface area contributed by atoms with Gasteiger partial charge in [-0.2, -0.15) is 5.26 Å². The van der Waals surface area contributed by atoms with Crippen LogP contribution in [0.2, 0.25) is 0 Å². The maximum absolute atomic E-state index is 8.60. The quantitative estimate of drug-likeness (QED) is 0.700. The van der Waals surface area contributed by atoms with Gasteiger partial charge >= 0.3 is 0 Å². The van der Waals surface area contributed by atoms with Crippen molar-refractivity contribution in [2.45, 2.75) is 26.0 Å². The van der Waals surface area contributed by atoms with Gasteiger partial charge in [0.05, 0.1) is 24.8 Å². The fraction of sp³-hybridized carbons (Fsp3) is 0.900. The maximum atomic E-state index is 8.60. The van der Waals surface area contributed by atoms with Gasteiger partial charge in [-0.25, -0.2) is 0 Å². The Morgan fingerprint density at radius 1 is 1.71 bits per heavy atom. The zero-order chi connectivity index (χ0) is 10.4. The normalized spacial score (nSPS) is 25.6. The van der Waals surface area contributed by atoms with Crippen LogP contribution in [-0.2, 0) is 4.74 Å². The molecule has 80 valence electrons. The summed E-state index contributed by atoms with van der Waals surface area (Å²) in [5.41, 5.74) is 0. The minimum Gasteiger partial charge on any atom is -0.374 e. The summed E-state index contributed by atoms with van der Waals surface area (Å²) in [5, 5.41) is 11.7. The lowest BCUT2D eigenvalue weighted by atomic mass is 10.2. The highest BCUT2D eigenvalue weighted by Gasteiger charge is 2.19. The molecule has 1 fully saturated rings. The molecule has 0 saturated carbocycles. The molecule has 1 heterocycles. The molecule has 0 aromatic carbocycles. The first-order valence-electron chi connectivity index (χ1n) is 5.23. The summed E-state index contributed by atoms with van der Waals surface area (Å²) >= 11 is 0. The molecule has 2 atom stereocenters. The molecule has 0 aromatic rings. The average molecular weight is 197 g/mol. The highest BCUT2D eigenvalue weighted by molar-refractivity contribution is 4.86. The Hall–Kier alpha value is -0.630. The van der Waals surface area contributed by atoms with Crippen molar-refractivity contribution in [1.29, 1.82) is 5.26 Å².